The van der Waals surface area contributed by atoms with Crippen molar-refractivity contribution in [3.05, 3.63) is 35.9 Å². The molecule has 0 saturated heterocycles. The summed E-state index contributed by atoms with van der Waals surface area (Å²) in [5.74, 6) is 0.645. The molecule has 0 spiro atoms. The fourth-order valence-corrected chi connectivity index (χ4v) is 4.51. The molecule has 0 saturated carbocycles. The van der Waals surface area contributed by atoms with E-state index in [1.54, 1.807) is 13.2 Å². The standard InChI is InChI=1S/C25H38O4S/c1-3-4-5-6-7-8-9-10-11-12-13-14-15-21-18-22-16-17-23(30(26,27)28)20-24(22)25(19-21)29-2/h16-20H,3-15H2,1-2H3,(H,26,27,28). The maximum absolute atomic E-state index is 11.4. The summed E-state index contributed by atoms with van der Waals surface area (Å²) in [5, 5.41) is 1.63. The lowest BCUT2D eigenvalue weighted by Crippen LogP contribution is -1.98. The Balaban J connectivity index is 1.74. The first kappa shape index (κ1) is 24.7. The molecule has 2 rings (SSSR count). The Morgan fingerprint density at radius 3 is 1.90 bits per heavy atom. The van der Waals surface area contributed by atoms with E-state index in [-0.39, 0.29) is 4.90 Å². The number of unbranched alkanes of at least 4 members (excludes halogenated alkanes) is 11. The van der Waals surface area contributed by atoms with Gasteiger partial charge in [-0.2, -0.15) is 8.42 Å². The minimum atomic E-state index is -4.22. The average molecular weight is 435 g/mol. The molecule has 168 valence electrons. The number of aryl methyl sites for hydroxylation is 1. The zero-order valence-corrected chi connectivity index (χ0v) is 19.5. The van der Waals surface area contributed by atoms with Gasteiger partial charge < -0.3 is 4.74 Å². The summed E-state index contributed by atoms with van der Waals surface area (Å²) in [6.45, 7) is 2.26. The molecule has 0 amide bonds. The predicted molar refractivity (Wildman–Crippen MR) is 125 cm³/mol. The van der Waals surface area contributed by atoms with E-state index in [1.165, 1.54) is 88.3 Å². The zero-order valence-electron chi connectivity index (χ0n) is 18.7. The van der Waals surface area contributed by atoms with Crippen molar-refractivity contribution < 1.29 is 17.7 Å². The third kappa shape index (κ3) is 8.27. The highest BCUT2D eigenvalue weighted by Gasteiger charge is 2.13. The van der Waals surface area contributed by atoms with Gasteiger partial charge in [-0.15, -0.1) is 0 Å². The molecule has 5 heteroatoms. The Morgan fingerprint density at radius 2 is 1.37 bits per heavy atom. The Labute approximate surface area is 182 Å². The van der Waals surface area contributed by atoms with Crippen LogP contribution >= 0.6 is 0 Å². The molecule has 0 bridgehead atoms. The molecule has 4 nitrogen and oxygen atoms in total. The van der Waals surface area contributed by atoms with Crippen LogP contribution in [0.15, 0.2) is 35.2 Å². The Bertz CT molecular complexity index is 874. The first-order chi connectivity index (χ1) is 14.5. The molecule has 1 N–H and O–H groups in total. The van der Waals surface area contributed by atoms with Gasteiger partial charge in [-0.25, -0.2) is 0 Å². The highest BCUT2D eigenvalue weighted by atomic mass is 32.2. The van der Waals surface area contributed by atoms with E-state index < -0.39 is 10.1 Å². The van der Waals surface area contributed by atoms with E-state index in [4.69, 9.17) is 4.74 Å². The minimum absolute atomic E-state index is 0.109. The highest BCUT2D eigenvalue weighted by Crippen LogP contribution is 2.30. The Morgan fingerprint density at radius 1 is 0.800 bits per heavy atom. The van der Waals surface area contributed by atoms with Crippen LogP contribution in [0.2, 0.25) is 0 Å². The second-order valence-corrected chi connectivity index (χ2v) is 9.72. The molecule has 0 aromatic heterocycles. The number of hydrogen-bond donors (Lipinski definition) is 1. The number of benzene rings is 2. The van der Waals surface area contributed by atoms with Crippen LogP contribution in [0.5, 0.6) is 5.75 Å². The highest BCUT2D eigenvalue weighted by molar-refractivity contribution is 7.85. The predicted octanol–water partition coefficient (Wildman–Crippen LogP) is 7.34. The lowest BCUT2D eigenvalue weighted by Gasteiger charge is -2.10. The minimum Gasteiger partial charge on any atom is -0.496 e. The maximum atomic E-state index is 11.4. The number of methoxy groups -OCH3 is 1. The third-order valence-corrected chi connectivity index (χ3v) is 6.63. The molecule has 2 aromatic carbocycles. The van der Waals surface area contributed by atoms with Gasteiger partial charge >= 0.3 is 0 Å². The molecular formula is C25H38O4S. The van der Waals surface area contributed by atoms with Crippen molar-refractivity contribution in [2.45, 2.75) is 95.3 Å². The second-order valence-electron chi connectivity index (χ2n) is 8.30. The van der Waals surface area contributed by atoms with Crippen molar-refractivity contribution in [1.29, 1.82) is 0 Å². The van der Waals surface area contributed by atoms with E-state index in [2.05, 4.69) is 13.0 Å². The van der Waals surface area contributed by atoms with E-state index in [0.717, 1.165) is 18.2 Å². The molecule has 0 radical (unpaired) electrons. The SMILES string of the molecule is CCCCCCCCCCCCCCc1cc(OC)c2cc(S(=O)(=O)O)ccc2c1. The first-order valence-corrected chi connectivity index (χ1v) is 13.0. The summed E-state index contributed by atoms with van der Waals surface area (Å²) in [6.07, 6.45) is 17.0. The van der Waals surface area contributed by atoms with Crippen molar-refractivity contribution >= 4 is 20.9 Å². The summed E-state index contributed by atoms with van der Waals surface area (Å²) in [4.78, 5) is -0.109. The van der Waals surface area contributed by atoms with Crippen LogP contribution in [-0.4, -0.2) is 20.1 Å². The van der Waals surface area contributed by atoms with Gasteiger partial charge in [-0.3, -0.25) is 4.55 Å². The number of ether oxygens (including phenoxy) is 1. The monoisotopic (exact) mass is 434 g/mol. The van der Waals surface area contributed by atoms with Crippen molar-refractivity contribution in [3.8, 4) is 5.75 Å². The molecule has 0 aliphatic carbocycles. The molecule has 0 unspecified atom stereocenters. The topological polar surface area (TPSA) is 63.6 Å². The first-order valence-electron chi connectivity index (χ1n) is 11.5. The third-order valence-electron chi connectivity index (χ3n) is 5.78. The van der Waals surface area contributed by atoms with Gasteiger partial charge in [-0.1, -0.05) is 89.7 Å². The van der Waals surface area contributed by atoms with Crippen LogP contribution in [0.4, 0.5) is 0 Å². The average Bonchev–Trinajstić information content (AvgIpc) is 2.72. The largest absolute Gasteiger partial charge is 0.496 e. The lowest BCUT2D eigenvalue weighted by molar-refractivity contribution is 0.419. The van der Waals surface area contributed by atoms with Crippen molar-refractivity contribution in [1.82, 2.24) is 0 Å². The van der Waals surface area contributed by atoms with E-state index >= 15 is 0 Å². The molecule has 0 heterocycles. The van der Waals surface area contributed by atoms with Crippen LogP contribution < -0.4 is 4.74 Å². The smallest absolute Gasteiger partial charge is 0.294 e. The van der Waals surface area contributed by atoms with Gasteiger partial charge in [0.25, 0.3) is 10.1 Å². The summed E-state index contributed by atoms with van der Waals surface area (Å²) in [5.41, 5.74) is 1.20. The van der Waals surface area contributed by atoms with Gasteiger partial charge in [-0.05, 0) is 42.0 Å². The van der Waals surface area contributed by atoms with Crippen LogP contribution in [0.1, 0.15) is 89.5 Å². The number of fused-ring (bicyclic) bond motifs is 1. The maximum Gasteiger partial charge on any atom is 0.294 e. The number of hydrogen-bond acceptors (Lipinski definition) is 3. The summed E-state index contributed by atoms with van der Waals surface area (Å²) in [7, 11) is -2.63. The Hall–Kier alpha value is -1.59. The molecule has 2 aromatic rings. The summed E-state index contributed by atoms with van der Waals surface area (Å²) in [6, 6.07) is 8.70. The van der Waals surface area contributed by atoms with E-state index in [0.29, 0.717) is 11.1 Å². The van der Waals surface area contributed by atoms with Gasteiger partial charge in [0.05, 0.1) is 12.0 Å². The van der Waals surface area contributed by atoms with Gasteiger partial charge in [0, 0.05) is 5.39 Å². The zero-order chi connectivity index (χ0) is 21.8. The second kappa shape index (κ2) is 13.0. The van der Waals surface area contributed by atoms with Crippen molar-refractivity contribution in [2.24, 2.45) is 0 Å². The molecule has 0 aliphatic heterocycles. The normalized spacial score (nSPS) is 11.8. The fraction of sp³-hybridized carbons (Fsp3) is 0.600. The van der Waals surface area contributed by atoms with E-state index in [1.807, 2.05) is 6.07 Å². The van der Waals surface area contributed by atoms with Crippen LogP contribution in [0.25, 0.3) is 10.8 Å². The van der Waals surface area contributed by atoms with Gasteiger partial charge in [0.1, 0.15) is 5.75 Å². The van der Waals surface area contributed by atoms with Crippen LogP contribution in [-0.2, 0) is 16.5 Å². The molecule has 0 atom stereocenters. The molecular weight excluding hydrogens is 396 g/mol. The Kier molecular flexibility index (Phi) is 10.7. The quantitative estimate of drug-likeness (QED) is 0.235. The number of rotatable bonds is 15. The summed E-state index contributed by atoms with van der Waals surface area (Å²) < 4.78 is 37.5. The van der Waals surface area contributed by atoms with Crippen LogP contribution in [0, 0.1) is 0 Å². The molecule has 0 aliphatic rings. The van der Waals surface area contributed by atoms with E-state index in [9.17, 15) is 13.0 Å². The van der Waals surface area contributed by atoms with Crippen LogP contribution in [0.3, 0.4) is 0 Å². The molecule has 30 heavy (non-hydrogen) atoms. The van der Waals surface area contributed by atoms with Crippen molar-refractivity contribution in [3.63, 3.8) is 0 Å². The fourth-order valence-electron chi connectivity index (χ4n) is 4.01. The lowest BCUT2D eigenvalue weighted by atomic mass is 10.0. The van der Waals surface area contributed by atoms with Gasteiger partial charge in [0.15, 0.2) is 0 Å². The van der Waals surface area contributed by atoms with Crippen molar-refractivity contribution in [2.75, 3.05) is 7.11 Å². The summed E-state index contributed by atoms with van der Waals surface area (Å²) >= 11 is 0. The van der Waals surface area contributed by atoms with Gasteiger partial charge in [0.2, 0.25) is 0 Å². The molecule has 0 fully saturated rings.